The highest BCUT2D eigenvalue weighted by atomic mass is 32.2. The first-order valence-corrected chi connectivity index (χ1v) is 10.2. The lowest BCUT2D eigenvalue weighted by Gasteiger charge is -2.12. The first kappa shape index (κ1) is 17.7. The van der Waals surface area contributed by atoms with E-state index in [9.17, 15) is 8.42 Å². The van der Waals surface area contributed by atoms with Crippen LogP contribution in [-0.2, 0) is 10.0 Å². The lowest BCUT2D eigenvalue weighted by atomic mass is 10.0. The number of anilines is 2. The highest BCUT2D eigenvalue weighted by Gasteiger charge is 2.17. The summed E-state index contributed by atoms with van der Waals surface area (Å²) in [5.74, 6) is 1.25. The topological polar surface area (TPSA) is 84.0 Å². The quantitative estimate of drug-likeness (QED) is 0.819. The molecule has 1 heterocycles. The van der Waals surface area contributed by atoms with Crippen LogP contribution in [0.5, 0.6) is 0 Å². The number of sulfonamides is 1. The number of nitrogens with one attached hydrogen (secondary N) is 2. The molecule has 0 atom stereocenters. The summed E-state index contributed by atoms with van der Waals surface area (Å²) in [6.07, 6.45) is 4.75. The van der Waals surface area contributed by atoms with E-state index in [-0.39, 0.29) is 10.7 Å². The predicted molar refractivity (Wildman–Crippen MR) is 99.3 cm³/mol. The number of aromatic nitrogens is 2. The van der Waals surface area contributed by atoms with Gasteiger partial charge in [0.1, 0.15) is 5.82 Å². The van der Waals surface area contributed by atoms with Crippen molar-refractivity contribution >= 4 is 21.7 Å². The van der Waals surface area contributed by atoms with E-state index in [0.29, 0.717) is 17.8 Å². The molecule has 1 aromatic carbocycles. The fraction of sp³-hybridized carbons (Fsp3) is 0.444. The van der Waals surface area contributed by atoms with E-state index in [1.54, 1.807) is 24.3 Å². The normalized spacial score (nSPS) is 15.5. The minimum Gasteiger partial charge on any atom is -0.366 e. The molecule has 0 radical (unpaired) electrons. The maximum absolute atomic E-state index is 12.5. The summed E-state index contributed by atoms with van der Waals surface area (Å²) in [6.45, 7) is 4.14. The van der Waals surface area contributed by atoms with Gasteiger partial charge in [-0.2, -0.15) is 0 Å². The zero-order valence-electron chi connectivity index (χ0n) is 14.6. The highest BCUT2D eigenvalue weighted by Crippen LogP contribution is 2.22. The summed E-state index contributed by atoms with van der Waals surface area (Å²) in [5.41, 5.74) is 1.10. The molecule has 1 aliphatic carbocycles. The Balaban J connectivity index is 1.67. The van der Waals surface area contributed by atoms with Gasteiger partial charge >= 0.3 is 0 Å². The van der Waals surface area contributed by atoms with Crippen LogP contribution in [0.2, 0.25) is 0 Å². The van der Waals surface area contributed by atoms with Crippen LogP contribution in [0.3, 0.4) is 0 Å². The monoisotopic (exact) mass is 360 g/mol. The van der Waals surface area contributed by atoms with Crippen LogP contribution in [0.4, 0.5) is 11.6 Å². The molecule has 0 amide bonds. The van der Waals surface area contributed by atoms with E-state index >= 15 is 0 Å². The lowest BCUT2D eigenvalue weighted by molar-refractivity contribution is 0.601. The van der Waals surface area contributed by atoms with Gasteiger partial charge in [-0.15, -0.1) is 10.2 Å². The smallest absolute Gasteiger partial charge is 0.263 e. The molecule has 0 saturated heterocycles. The Kier molecular flexibility index (Phi) is 5.22. The van der Waals surface area contributed by atoms with Gasteiger partial charge in [-0.05, 0) is 48.6 Å². The van der Waals surface area contributed by atoms with Crippen LogP contribution in [0.25, 0.3) is 0 Å². The Bertz CT molecular complexity index is 796. The zero-order chi connectivity index (χ0) is 17.9. The second-order valence-corrected chi connectivity index (χ2v) is 8.44. The third-order valence-electron chi connectivity index (χ3n) is 4.47. The van der Waals surface area contributed by atoms with Crippen molar-refractivity contribution in [3.63, 3.8) is 0 Å². The van der Waals surface area contributed by atoms with E-state index in [0.717, 1.165) is 18.4 Å². The molecule has 1 aromatic heterocycles. The minimum absolute atomic E-state index is 0.213. The van der Waals surface area contributed by atoms with E-state index in [1.165, 1.54) is 12.8 Å². The fourth-order valence-electron chi connectivity index (χ4n) is 2.97. The first-order valence-electron chi connectivity index (χ1n) is 8.67. The van der Waals surface area contributed by atoms with Crippen LogP contribution in [0.15, 0.2) is 41.3 Å². The summed E-state index contributed by atoms with van der Waals surface area (Å²) in [5, 5.41) is 11.4. The molecule has 1 fully saturated rings. The van der Waals surface area contributed by atoms with Crippen LogP contribution >= 0.6 is 0 Å². The number of rotatable bonds is 6. The SMILES string of the molecule is CC(C)c1ccc(S(=O)(=O)Nc2ccc(NC3CCCC3)nn2)cc1. The largest absolute Gasteiger partial charge is 0.366 e. The van der Waals surface area contributed by atoms with Gasteiger partial charge in [-0.3, -0.25) is 4.72 Å². The number of hydrogen-bond donors (Lipinski definition) is 2. The highest BCUT2D eigenvalue weighted by molar-refractivity contribution is 7.92. The van der Waals surface area contributed by atoms with E-state index < -0.39 is 10.0 Å². The van der Waals surface area contributed by atoms with Gasteiger partial charge in [0.2, 0.25) is 0 Å². The molecule has 1 saturated carbocycles. The minimum atomic E-state index is -3.66. The average Bonchev–Trinajstić information content (AvgIpc) is 3.09. The molecule has 0 aliphatic heterocycles. The Labute approximate surface area is 149 Å². The first-order chi connectivity index (χ1) is 11.9. The maximum atomic E-state index is 12.5. The van der Waals surface area contributed by atoms with Crippen molar-refractivity contribution < 1.29 is 8.42 Å². The summed E-state index contributed by atoms with van der Waals surface area (Å²) >= 11 is 0. The number of nitrogens with zero attached hydrogens (tertiary/aromatic N) is 2. The van der Waals surface area contributed by atoms with Gasteiger partial charge in [0.15, 0.2) is 5.82 Å². The predicted octanol–water partition coefficient (Wildman–Crippen LogP) is 3.76. The molecule has 7 heteroatoms. The molecular weight excluding hydrogens is 336 g/mol. The molecule has 2 aromatic rings. The molecule has 2 N–H and O–H groups in total. The molecule has 0 bridgehead atoms. The number of benzene rings is 1. The summed E-state index contributed by atoms with van der Waals surface area (Å²) < 4.78 is 27.4. The van der Waals surface area contributed by atoms with Crippen molar-refractivity contribution in [2.45, 2.75) is 56.4 Å². The van der Waals surface area contributed by atoms with Crippen LogP contribution < -0.4 is 10.0 Å². The van der Waals surface area contributed by atoms with E-state index in [4.69, 9.17) is 0 Å². The molecule has 134 valence electrons. The Hall–Kier alpha value is -2.15. The van der Waals surface area contributed by atoms with Crippen molar-refractivity contribution in [2.24, 2.45) is 0 Å². The molecule has 1 aliphatic rings. The Morgan fingerprint density at radius 2 is 1.56 bits per heavy atom. The van der Waals surface area contributed by atoms with Gasteiger partial charge < -0.3 is 5.32 Å². The van der Waals surface area contributed by atoms with E-state index in [2.05, 4.69) is 34.1 Å². The molecule has 6 nitrogen and oxygen atoms in total. The lowest BCUT2D eigenvalue weighted by Crippen LogP contribution is -2.17. The molecule has 3 rings (SSSR count). The summed E-state index contributed by atoms with van der Waals surface area (Å²) in [7, 11) is -3.66. The van der Waals surface area contributed by atoms with Gasteiger partial charge in [0, 0.05) is 6.04 Å². The molecular formula is C18H24N4O2S. The standard InChI is InChI=1S/C18H24N4O2S/c1-13(2)14-7-9-16(10-8-14)25(23,24)22-18-12-11-17(20-21-18)19-15-5-3-4-6-15/h7-13,15H,3-6H2,1-2H3,(H,19,20)(H,21,22). The van der Waals surface area contributed by atoms with Gasteiger partial charge in [-0.1, -0.05) is 38.8 Å². The zero-order valence-corrected chi connectivity index (χ0v) is 15.4. The average molecular weight is 360 g/mol. The maximum Gasteiger partial charge on any atom is 0.263 e. The molecule has 0 unspecified atom stereocenters. The molecule has 25 heavy (non-hydrogen) atoms. The van der Waals surface area contributed by atoms with Crippen molar-refractivity contribution in [1.29, 1.82) is 0 Å². The van der Waals surface area contributed by atoms with Crippen molar-refractivity contribution in [3.8, 4) is 0 Å². The summed E-state index contributed by atoms with van der Waals surface area (Å²) in [6, 6.07) is 10.7. The van der Waals surface area contributed by atoms with Gasteiger partial charge in [0.05, 0.1) is 4.90 Å². The van der Waals surface area contributed by atoms with Crippen molar-refractivity contribution in [1.82, 2.24) is 10.2 Å². The molecule has 0 spiro atoms. The summed E-state index contributed by atoms with van der Waals surface area (Å²) in [4.78, 5) is 0.215. The second-order valence-electron chi connectivity index (χ2n) is 6.76. The second kappa shape index (κ2) is 7.39. The third-order valence-corrected chi connectivity index (χ3v) is 5.84. The Morgan fingerprint density at radius 3 is 2.12 bits per heavy atom. The fourth-order valence-corrected chi connectivity index (χ4v) is 3.97. The van der Waals surface area contributed by atoms with E-state index in [1.807, 2.05) is 12.1 Å². The van der Waals surface area contributed by atoms with Gasteiger partial charge in [-0.25, -0.2) is 8.42 Å². The Morgan fingerprint density at radius 1 is 0.960 bits per heavy atom. The van der Waals surface area contributed by atoms with Crippen molar-refractivity contribution in [3.05, 3.63) is 42.0 Å². The van der Waals surface area contributed by atoms with Crippen LogP contribution in [0.1, 0.15) is 51.0 Å². The van der Waals surface area contributed by atoms with Crippen LogP contribution in [-0.4, -0.2) is 24.7 Å². The van der Waals surface area contributed by atoms with Crippen LogP contribution in [0, 0.1) is 0 Å². The third kappa shape index (κ3) is 4.48. The van der Waals surface area contributed by atoms with Gasteiger partial charge in [0.25, 0.3) is 10.0 Å². The van der Waals surface area contributed by atoms with Crippen molar-refractivity contribution in [2.75, 3.05) is 10.0 Å². The number of hydrogen-bond acceptors (Lipinski definition) is 5.